The van der Waals surface area contributed by atoms with Crippen molar-refractivity contribution >= 4 is 26.2 Å². The molecule has 3 unspecified atom stereocenters. The molecule has 8 heteroatoms. The molecule has 1 N–H and O–H groups in total. The van der Waals surface area contributed by atoms with Crippen LogP contribution in [-0.4, -0.2) is 42.5 Å². The molecule has 0 aliphatic heterocycles. The first-order valence-electron chi connectivity index (χ1n) is 13.4. The second kappa shape index (κ2) is 9.44. The second-order valence-electron chi connectivity index (χ2n) is 12.4. The molecule has 0 amide bonds. The van der Waals surface area contributed by atoms with Gasteiger partial charge in [-0.05, 0) is 102 Å². The number of nitriles is 1. The van der Waals surface area contributed by atoms with E-state index < -0.39 is 24.8 Å². The van der Waals surface area contributed by atoms with Gasteiger partial charge in [0, 0.05) is 24.0 Å². The van der Waals surface area contributed by atoms with Crippen LogP contribution in [0.15, 0.2) is 11.6 Å². The number of rotatable bonds is 7. The van der Waals surface area contributed by atoms with Gasteiger partial charge in [-0.3, -0.25) is 4.79 Å². The van der Waals surface area contributed by atoms with Gasteiger partial charge >= 0.3 is 8.80 Å². The van der Waals surface area contributed by atoms with Crippen LogP contribution >= 0.6 is 11.6 Å². The van der Waals surface area contributed by atoms with Gasteiger partial charge in [-0.25, -0.2) is 0 Å². The van der Waals surface area contributed by atoms with Gasteiger partial charge in [0.2, 0.25) is 0 Å². The zero-order valence-corrected chi connectivity index (χ0v) is 23.9. The van der Waals surface area contributed by atoms with Gasteiger partial charge in [0.15, 0.2) is 5.78 Å². The van der Waals surface area contributed by atoms with Crippen molar-refractivity contribution in [3.8, 4) is 6.26 Å². The van der Waals surface area contributed by atoms with Crippen LogP contribution in [0.5, 0.6) is 0 Å². The highest BCUT2D eigenvalue weighted by Gasteiger charge is 2.72. The average Bonchev–Trinajstić information content (AvgIpc) is 3.04. The summed E-state index contributed by atoms with van der Waals surface area (Å²) in [4.78, 5) is 12.1. The Labute approximate surface area is 216 Å². The number of fused-ring (bicyclic) bond motifs is 5. The third-order valence-electron chi connectivity index (χ3n) is 9.89. The molecule has 4 rings (SSSR count). The molecule has 35 heavy (non-hydrogen) atoms. The van der Waals surface area contributed by atoms with Crippen LogP contribution in [0.3, 0.4) is 0 Å². The quantitative estimate of drug-likeness (QED) is 0.262. The number of nitrogens with zero attached hydrogens (tertiary/aromatic N) is 1. The number of hydrogen-bond acceptors (Lipinski definition) is 6. The first-order chi connectivity index (χ1) is 16.3. The zero-order valence-electron chi connectivity index (χ0n) is 22.1. The number of carbonyl (C=O) groups is 1. The third-order valence-corrected chi connectivity index (χ3v) is 14.1. The Hall–Kier alpha value is -0.913. The Bertz CT molecular complexity index is 908. The van der Waals surface area contributed by atoms with Crippen molar-refractivity contribution in [1.29, 1.82) is 5.26 Å². The fourth-order valence-electron chi connectivity index (χ4n) is 8.29. The molecule has 196 valence electrons. The lowest BCUT2D eigenvalue weighted by Gasteiger charge is -2.59. The minimum absolute atomic E-state index is 0.0726. The number of halogens is 1. The predicted molar refractivity (Wildman–Crippen MR) is 136 cm³/mol. The van der Waals surface area contributed by atoms with E-state index in [1.54, 1.807) is 6.26 Å². The van der Waals surface area contributed by atoms with Gasteiger partial charge in [0.1, 0.15) is 5.00 Å². The summed E-state index contributed by atoms with van der Waals surface area (Å²) in [5.41, 5.74) is -0.285. The van der Waals surface area contributed by atoms with Crippen molar-refractivity contribution in [3.63, 3.8) is 0 Å². The van der Waals surface area contributed by atoms with E-state index >= 15 is 0 Å². The van der Waals surface area contributed by atoms with Crippen molar-refractivity contribution in [3.05, 3.63) is 11.6 Å². The number of ketones is 1. The Morgan fingerprint density at radius 2 is 1.69 bits per heavy atom. The smallest absolute Gasteiger partial charge is 0.430 e. The molecule has 4 aliphatic rings. The summed E-state index contributed by atoms with van der Waals surface area (Å²) in [5.74, 6) is 1.58. The average molecular weight is 524 g/mol. The summed E-state index contributed by atoms with van der Waals surface area (Å²) in [7, 11) is -3.77. The number of hydrogen-bond donors (Lipinski definition) is 1. The maximum absolute atomic E-state index is 12.4. The standard InChI is InChI=1S/C27H42ClNO5Si/c1-17(2)33-35(32-16-29,34-18(3)4)24(28)27(31)14-11-23-21-8-7-19-15-20(30)9-12-25(19,5)22(21)10-13-26(23,27)6/h15,17-18,21-24,31H,7-14H2,1-6H3/t21?,22?,23?,24-,25+,26+,27+/m1/s1. The molecular weight excluding hydrogens is 482 g/mol. The lowest BCUT2D eigenvalue weighted by molar-refractivity contribution is -0.131. The monoisotopic (exact) mass is 523 g/mol. The maximum Gasteiger partial charge on any atom is 0.598 e. The molecule has 3 fully saturated rings. The van der Waals surface area contributed by atoms with Gasteiger partial charge in [0.25, 0.3) is 6.26 Å². The molecule has 0 aromatic heterocycles. The third kappa shape index (κ3) is 4.22. The molecule has 7 atom stereocenters. The van der Waals surface area contributed by atoms with E-state index in [0.29, 0.717) is 30.6 Å². The molecular formula is C27H42ClNO5Si. The number of carbonyl (C=O) groups excluding carboxylic acids is 1. The van der Waals surface area contributed by atoms with Crippen molar-refractivity contribution < 1.29 is 23.2 Å². The van der Waals surface area contributed by atoms with Crippen LogP contribution in [0.1, 0.15) is 92.9 Å². The molecule has 0 aromatic rings. The Morgan fingerprint density at radius 3 is 2.29 bits per heavy atom. The minimum Gasteiger partial charge on any atom is -0.430 e. The van der Waals surface area contributed by atoms with Crippen LogP contribution in [0, 0.1) is 40.1 Å². The van der Waals surface area contributed by atoms with E-state index in [0.717, 1.165) is 38.5 Å². The fraction of sp³-hybridized carbons (Fsp3) is 0.852. The summed E-state index contributed by atoms with van der Waals surface area (Å²) in [5, 5.41) is 21.0. The predicted octanol–water partition coefficient (Wildman–Crippen LogP) is 5.68. The van der Waals surface area contributed by atoms with Crippen molar-refractivity contribution in [2.45, 2.75) is 116 Å². The van der Waals surface area contributed by atoms with Gasteiger partial charge in [-0.1, -0.05) is 19.4 Å². The molecule has 0 saturated heterocycles. The van der Waals surface area contributed by atoms with Crippen LogP contribution in [0.25, 0.3) is 0 Å². The fourth-order valence-corrected chi connectivity index (χ4v) is 12.1. The van der Waals surface area contributed by atoms with Crippen LogP contribution < -0.4 is 0 Å². The van der Waals surface area contributed by atoms with Crippen molar-refractivity contribution in [1.82, 2.24) is 0 Å². The molecule has 4 aliphatic carbocycles. The lowest BCUT2D eigenvalue weighted by Crippen LogP contribution is -2.68. The normalized spacial score (nSPS) is 40.0. The summed E-state index contributed by atoms with van der Waals surface area (Å²) in [6, 6.07) is 0. The second-order valence-corrected chi connectivity index (χ2v) is 15.6. The van der Waals surface area contributed by atoms with E-state index in [4.69, 9.17) is 24.9 Å². The van der Waals surface area contributed by atoms with Crippen molar-refractivity contribution in [2.75, 3.05) is 0 Å². The largest absolute Gasteiger partial charge is 0.598 e. The van der Waals surface area contributed by atoms with Gasteiger partial charge in [-0.2, -0.15) is 5.26 Å². The topological polar surface area (TPSA) is 88.8 Å². The molecule has 0 heterocycles. The summed E-state index contributed by atoms with van der Waals surface area (Å²) in [6.45, 7) is 12.0. The first kappa shape index (κ1) is 27.1. The highest BCUT2D eigenvalue weighted by Crippen LogP contribution is 2.68. The van der Waals surface area contributed by atoms with Crippen LogP contribution in [-0.2, 0) is 18.1 Å². The number of aliphatic hydroxyl groups is 1. The molecule has 6 nitrogen and oxygen atoms in total. The lowest BCUT2D eigenvalue weighted by atomic mass is 9.46. The minimum atomic E-state index is -3.77. The summed E-state index contributed by atoms with van der Waals surface area (Å²) >= 11 is 7.20. The zero-order chi connectivity index (χ0) is 25.8. The SMILES string of the molecule is CC(C)O[Si](OC#N)(OC(C)C)[C@@H](Cl)[C@@]1(O)CCC2C3CCC4=CC(=O)CC[C@]4(C)C3CC[C@@]21C. The molecule has 0 bridgehead atoms. The van der Waals surface area contributed by atoms with Gasteiger partial charge in [0.05, 0.1) is 5.60 Å². The highest BCUT2D eigenvalue weighted by molar-refractivity contribution is 6.72. The number of allylic oxidation sites excluding steroid dienone is 1. The van der Waals surface area contributed by atoms with Gasteiger partial charge < -0.3 is 18.4 Å². The van der Waals surface area contributed by atoms with Crippen LogP contribution in [0.4, 0.5) is 0 Å². The van der Waals surface area contributed by atoms with E-state index in [2.05, 4.69) is 13.8 Å². The van der Waals surface area contributed by atoms with Crippen LogP contribution in [0.2, 0.25) is 0 Å². The Balaban J connectivity index is 1.68. The highest BCUT2D eigenvalue weighted by atomic mass is 35.5. The Kier molecular flexibility index (Phi) is 7.31. The molecule has 3 saturated carbocycles. The number of alkyl halides is 1. The Morgan fingerprint density at radius 1 is 1.06 bits per heavy atom. The summed E-state index contributed by atoms with van der Waals surface area (Å²) < 4.78 is 18.0. The van der Waals surface area contributed by atoms with E-state index in [9.17, 15) is 15.2 Å². The van der Waals surface area contributed by atoms with E-state index in [1.807, 2.05) is 33.8 Å². The van der Waals surface area contributed by atoms with E-state index in [1.165, 1.54) is 5.57 Å². The molecule has 0 spiro atoms. The van der Waals surface area contributed by atoms with E-state index in [-0.39, 0.29) is 23.4 Å². The molecule has 0 aromatic carbocycles. The molecule has 0 radical (unpaired) electrons. The van der Waals surface area contributed by atoms with Crippen molar-refractivity contribution in [2.24, 2.45) is 28.6 Å². The van der Waals surface area contributed by atoms with Gasteiger partial charge in [-0.15, -0.1) is 11.6 Å². The first-order valence-corrected chi connectivity index (χ1v) is 15.6. The maximum atomic E-state index is 12.4. The summed E-state index contributed by atoms with van der Waals surface area (Å²) in [6.07, 6.45) is 10.0.